The van der Waals surface area contributed by atoms with Gasteiger partial charge in [0.15, 0.2) is 5.82 Å². The highest BCUT2D eigenvalue weighted by Gasteiger charge is 2.12. The Kier molecular flexibility index (Phi) is 7.30. The molecule has 0 bridgehead atoms. The second-order valence-corrected chi connectivity index (χ2v) is 7.73. The Morgan fingerprint density at radius 3 is 2.58 bits per heavy atom. The summed E-state index contributed by atoms with van der Waals surface area (Å²) in [5.41, 5.74) is 9.36. The van der Waals surface area contributed by atoms with Crippen LogP contribution in [0.15, 0.2) is 6.20 Å². The van der Waals surface area contributed by atoms with Crippen molar-refractivity contribution >= 4 is 16.9 Å². The molecule has 1 aliphatic heterocycles. The van der Waals surface area contributed by atoms with E-state index >= 15 is 0 Å². The molecule has 0 aliphatic carbocycles. The summed E-state index contributed by atoms with van der Waals surface area (Å²) in [4.78, 5) is 15.2. The number of hydrogen-bond donors (Lipinski definition) is 2. The summed E-state index contributed by atoms with van der Waals surface area (Å²) >= 11 is 0. The molecule has 0 aromatic carbocycles. The number of unbranched alkanes of at least 4 members (excludes halogenated alkanes) is 3. The third kappa shape index (κ3) is 5.19. The number of aromatic amines is 1. The average molecular weight is 358 g/mol. The summed E-state index contributed by atoms with van der Waals surface area (Å²) in [5, 5.41) is 0. The Morgan fingerprint density at radius 1 is 1.00 bits per heavy atom. The van der Waals surface area contributed by atoms with Gasteiger partial charge >= 0.3 is 0 Å². The van der Waals surface area contributed by atoms with E-state index in [1.165, 1.54) is 70.1 Å². The maximum absolute atomic E-state index is 6.13. The molecule has 3 heterocycles. The summed E-state index contributed by atoms with van der Waals surface area (Å²) < 4.78 is 0. The van der Waals surface area contributed by atoms with E-state index in [-0.39, 0.29) is 0 Å². The standard InChI is InChI=1S/C21H35N5/c1-2-3-12-18-24-19-17(16-23-20(19)21(22)25-18)11-7-6-10-15-26-13-8-4-5-9-14-26/h16,23H,2-15H2,1H3,(H2,22,24,25). The molecule has 0 amide bonds. The highest BCUT2D eigenvalue weighted by Crippen LogP contribution is 2.23. The number of aryl methyl sites for hydroxylation is 2. The Morgan fingerprint density at radius 2 is 1.81 bits per heavy atom. The van der Waals surface area contributed by atoms with Crippen LogP contribution in [0.3, 0.4) is 0 Å². The van der Waals surface area contributed by atoms with E-state index in [1.54, 1.807) is 0 Å². The fourth-order valence-electron chi connectivity index (χ4n) is 3.95. The van der Waals surface area contributed by atoms with Gasteiger partial charge < -0.3 is 15.6 Å². The summed E-state index contributed by atoms with van der Waals surface area (Å²) in [6, 6.07) is 0. The Bertz CT molecular complexity index is 670. The third-order valence-electron chi connectivity index (χ3n) is 5.55. The molecule has 2 aromatic heterocycles. The molecular formula is C21H35N5. The van der Waals surface area contributed by atoms with Gasteiger partial charge in [-0.2, -0.15) is 0 Å². The van der Waals surface area contributed by atoms with Gasteiger partial charge in [0.2, 0.25) is 0 Å². The number of aromatic nitrogens is 3. The molecule has 0 radical (unpaired) electrons. The zero-order valence-electron chi connectivity index (χ0n) is 16.4. The Labute approximate surface area is 157 Å². The first kappa shape index (κ1) is 19.2. The number of anilines is 1. The number of likely N-dealkylation sites (tertiary alicyclic amines) is 1. The van der Waals surface area contributed by atoms with E-state index in [0.717, 1.165) is 42.5 Å². The topological polar surface area (TPSA) is 70.8 Å². The monoisotopic (exact) mass is 357 g/mol. The number of nitrogens with two attached hydrogens (primary N) is 1. The first-order valence-corrected chi connectivity index (χ1v) is 10.6. The Balaban J connectivity index is 1.49. The average Bonchev–Trinajstić information content (AvgIpc) is 2.87. The molecular weight excluding hydrogens is 322 g/mol. The van der Waals surface area contributed by atoms with E-state index in [0.29, 0.717) is 5.82 Å². The van der Waals surface area contributed by atoms with Crippen molar-refractivity contribution in [1.29, 1.82) is 0 Å². The van der Waals surface area contributed by atoms with E-state index in [2.05, 4.69) is 28.0 Å². The SMILES string of the molecule is CCCCc1nc(N)c2[nH]cc(CCCCCN3CCCCCC3)c2n1. The normalized spacial score (nSPS) is 16.2. The van der Waals surface area contributed by atoms with Crippen LogP contribution in [-0.2, 0) is 12.8 Å². The highest BCUT2D eigenvalue weighted by atomic mass is 15.1. The molecule has 2 aromatic rings. The van der Waals surface area contributed by atoms with E-state index in [4.69, 9.17) is 10.7 Å². The van der Waals surface area contributed by atoms with Crippen molar-refractivity contribution < 1.29 is 0 Å². The lowest BCUT2D eigenvalue weighted by Crippen LogP contribution is -2.25. The van der Waals surface area contributed by atoms with Crippen molar-refractivity contribution in [2.24, 2.45) is 0 Å². The van der Waals surface area contributed by atoms with Gasteiger partial charge in [-0.25, -0.2) is 9.97 Å². The number of H-pyrrole nitrogens is 1. The van der Waals surface area contributed by atoms with Crippen molar-refractivity contribution in [3.05, 3.63) is 17.6 Å². The van der Waals surface area contributed by atoms with Crippen molar-refractivity contribution in [1.82, 2.24) is 19.9 Å². The fraction of sp³-hybridized carbons (Fsp3) is 0.714. The predicted octanol–water partition coefficient (Wildman–Crippen LogP) is 4.47. The minimum Gasteiger partial charge on any atom is -0.382 e. The zero-order valence-corrected chi connectivity index (χ0v) is 16.4. The lowest BCUT2D eigenvalue weighted by atomic mass is 10.1. The minimum absolute atomic E-state index is 0.591. The van der Waals surface area contributed by atoms with Crippen LogP contribution in [0.5, 0.6) is 0 Å². The molecule has 0 atom stereocenters. The first-order valence-electron chi connectivity index (χ1n) is 10.6. The fourth-order valence-corrected chi connectivity index (χ4v) is 3.95. The molecule has 0 unspecified atom stereocenters. The van der Waals surface area contributed by atoms with E-state index < -0.39 is 0 Å². The lowest BCUT2D eigenvalue weighted by Gasteiger charge is -2.19. The van der Waals surface area contributed by atoms with Crippen molar-refractivity contribution in [2.45, 2.75) is 77.6 Å². The molecule has 26 heavy (non-hydrogen) atoms. The van der Waals surface area contributed by atoms with Crippen LogP contribution in [0.1, 0.15) is 76.1 Å². The van der Waals surface area contributed by atoms with Crippen LogP contribution in [0.25, 0.3) is 11.0 Å². The molecule has 5 heteroatoms. The third-order valence-corrected chi connectivity index (χ3v) is 5.55. The van der Waals surface area contributed by atoms with Crippen LogP contribution >= 0.6 is 0 Å². The maximum atomic E-state index is 6.13. The number of rotatable bonds is 9. The maximum Gasteiger partial charge on any atom is 0.151 e. The molecule has 5 nitrogen and oxygen atoms in total. The summed E-state index contributed by atoms with van der Waals surface area (Å²) in [7, 11) is 0. The van der Waals surface area contributed by atoms with Gasteiger partial charge in [-0.15, -0.1) is 0 Å². The minimum atomic E-state index is 0.591. The molecule has 1 fully saturated rings. The number of fused-ring (bicyclic) bond motifs is 1. The zero-order chi connectivity index (χ0) is 18.2. The summed E-state index contributed by atoms with van der Waals surface area (Å²) in [5.74, 6) is 1.48. The van der Waals surface area contributed by atoms with Crippen molar-refractivity contribution in [3.8, 4) is 0 Å². The van der Waals surface area contributed by atoms with Crippen LogP contribution in [-0.4, -0.2) is 39.5 Å². The quantitative estimate of drug-likeness (QED) is 0.650. The summed E-state index contributed by atoms with van der Waals surface area (Å²) in [6.07, 6.45) is 15.7. The van der Waals surface area contributed by atoms with Gasteiger partial charge in [-0.3, -0.25) is 0 Å². The van der Waals surface area contributed by atoms with Gasteiger partial charge in [0, 0.05) is 12.6 Å². The second-order valence-electron chi connectivity index (χ2n) is 7.73. The van der Waals surface area contributed by atoms with Gasteiger partial charge in [0.25, 0.3) is 0 Å². The van der Waals surface area contributed by atoms with Gasteiger partial charge in [0.05, 0.1) is 5.52 Å². The number of nitrogen functional groups attached to an aromatic ring is 1. The van der Waals surface area contributed by atoms with Gasteiger partial charge in [-0.05, 0) is 63.7 Å². The van der Waals surface area contributed by atoms with Crippen molar-refractivity contribution in [2.75, 3.05) is 25.4 Å². The molecule has 0 spiro atoms. The Hall–Kier alpha value is -1.62. The van der Waals surface area contributed by atoms with Crippen LogP contribution in [0, 0.1) is 0 Å². The first-order chi connectivity index (χ1) is 12.8. The molecule has 1 aliphatic rings. The van der Waals surface area contributed by atoms with E-state index in [9.17, 15) is 0 Å². The lowest BCUT2D eigenvalue weighted by molar-refractivity contribution is 0.278. The predicted molar refractivity (Wildman–Crippen MR) is 109 cm³/mol. The highest BCUT2D eigenvalue weighted by molar-refractivity contribution is 5.87. The molecule has 3 rings (SSSR count). The largest absolute Gasteiger partial charge is 0.382 e. The smallest absolute Gasteiger partial charge is 0.151 e. The van der Waals surface area contributed by atoms with Crippen molar-refractivity contribution in [3.63, 3.8) is 0 Å². The van der Waals surface area contributed by atoms with Crippen LogP contribution < -0.4 is 5.73 Å². The van der Waals surface area contributed by atoms with Gasteiger partial charge in [-0.1, -0.05) is 32.6 Å². The van der Waals surface area contributed by atoms with Gasteiger partial charge in [0.1, 0.15) is 11.3 Å². The number of nitrogens with one attached hydrogen (secondary N) is 1. The number of nitrogens with zero attached hydrogens (tertiary/aromatic N) is 3. The van der Waals surface area contributed by atoms with Crippen LogP contribution in [0.2, 0.25) is 0 Å². The second kappa shape index (κ2) is 9.91. The molecule has 1 saturated heterocycles. The number of hydrogen-bond acceptors (Lipinski definition) is 4. The van der Waals surface area contributed by atoms with Crippen LogP contribution in [0.4, 0.5) is 5.82 Å². The van der Waals surface area contributed by atoms with E-state index in [1.807, 2.05) is 0 Å². The molecule has 144 valence electrons. The molecule has 3 N–H and O–H groups in total. The summed E-state index contributed by atoms with van der Waals surface area (Å²) in [6.45, 7) is 6.07. The molecule has 0 saturated carbocycles.